The highest BCUT2D eigenvalue weighted by Crippen LogP contribution is 2.16. The molecule has 0 spiro atoms. The summed E-state index contributed by atoms with van der Waals surface area (Å²) in [6.45, 7) is 2.29. The molecule has 0 heterocycles. The van der Waals surface area contributed by atoms with E-state index in [1.54, 1.807) is 13.1 Å². The van der Waals surface area contributed by atoms with Crippen molar-refractivity contribution in [2.75, 3.05) is 13.6 Å². The van der Waals surface area contributed by atoms with Crippen LogP contribution in [0.25, 0.3) is 0 Å². The van der Waals surface area contributed by atoms with Gasteiger partial charge in [0, 0.05) is 5.56 Å². The third-order valence-electron chi connectivity index (χ3n) is 2.05. The molecule has 0 unspecified atom stereocenters. The zero-order chi connectivity index (χ0) is 10.6. The highest BCUT2D eigenvalue weighted by Gasteiger charge is 2.06. The Bertz CT molecular complexity index is 334. The summed E-state index contributed by atoms with van der Waals surface area (Å²) in [5.74, 6) is 0.155. The highest BCUT2D eigenvalue weighted by atomic mass is 16.3. The second-order valence-corrected chi connectivity index (χ2v) is 3.20. The van der Waals surface area contributed by atoms with Crippen molar-refractivity contribution in [1.29, 1.82) is 0 Å². The monoisotopic (exact) mass is 193 g/mol. The van der Waals surface area contributed by atoms with Gasteiger partial charge in [-0.3, -0.25) is 4.79 Å². The summed E-state index contributed by atoms with van der Waals surface area (Å²) in [6.07, 6.45) is 0.814. The fourth-order valence-electron chi connectivity index (χ4n) is 1.30. The molecule has 0 bridgehead atoms. The summed E-state index contributed by atoms with van der Waals surface area (Å²) in [5.41, 5.74) is 1.54. The van der Waals surface area contributed by atoms with Crippen molar-refractivity contribution < 1.29 is 9.90 Å². The van der Waals surface area contributed by atoms with Crippen molar-refractivity contribution in [2.24, 2.45) is 0 Å². The fourth-order valence-corrected chi connectivity index (χ4v) is 1.30. The van der Waals surface area contributed by atoms with Gasteiger partial charge in [-0.2, -0.15) is 0 Å². The number of carbonyl (C=O) groups excluding carboxylic acids is 1. The minimum atomic E-state index is -0.00176. The van der Waals surface area contributed by atoms with E-state index in [0.29, 0.717) is 12.1 Å². The maximum atomic E-state index is 11.5. The fraction of sp³-hybridized carbons (Fsp3) is 0.364. The molecule has 0 aliphatic heterocycles. The molecule has 0 saturated carbocycles. The van der Waals surface area contributed by atoms with Gasteiger partial charge in [0.2, 0.25) is 0 Å². The van der Waals surface area contributed by atoms with Crippen molar-refractivity contribution in [3.05, 3.63) is 29.3 Å². The van der Waals surface area contributed by atoms with Gasteiger partial charge in [-0.05, 0) is 37.2 Å². The standard InChI is InChI=1S/C11H15NO2/c1-3-8-4-9(6-10(13)5-8)11(14)7-12-2/h4-6,12-13H,3,7H2,1-2H3. The Morgan fingerprint density at radius 3 is 2.71 bits per heavy atom. The van der Waals surface area contributed by atoms with Gasteiger partial charge >= 0.3 is 0 Å². The Morgan fingerprint density at radius 2 is 2.14 bits per heavy atom. The molecule has 3 nitrogen and oxygen atoms in total. The van der Waals surface area contributed by atoms with Crippen LogP contribution in [0, 0.1) is 0 Å². The molecule has 0 aliphatic rings. The van der Waals surface area contributed by atoms with Crippen LogP contribution < -0.4 is 5.32 Å². The predicted molar refractivity (Wildman–Crippen MR) is 55.7 cm³/mol. The number of aromatic hydroxyl groups is 1. The van der Waals surface area contributed by atoms with Crippen molar-refractivity contribution in [2.45, 2.75) is 13.3 Å². The van der Waals surface area contributed by atoms with E-state index in [1.165, 1.54) is 6.07 Å². The Balaban J connectivity index is 2.96. The van der Waals surface area contributed by atoms with Crippen LogP contribution in [0.2, 0.25) is 0 Å². The average Bonchev–Trinajstić information content (AvgIpc) is 2.17. The molecule has 0 atom stereocenters. The van der Waals surface area contributed by atoms with Crippen LogP contribution in [0.15, 0.2) is 18.2 Å². The van der Waals surface area contributed by atoms with E-state index in [2.05, 4.69) is 5.32 Å². The van der Waals surface area contributed by atoms with Gasteiger partial charge < -0.3 is 10.4 Å². The minimum absolute atomic E-state index is 0.00176. The zero-order valence-electron chi connectivity index (χ0n) is 8.50. The molecular weight excluding hydrogens is 178 g/mol. The maximum absolute atomic E-state index is 11.5. The summed E-state index contributed by atoms with van der Waals surface area (Å²) < 4.78 is 0. The molecule has 2 N–H and O–H groups in total. The minimum Gasteiger partial charge on any atom is -0.508 e. The summed E-state index contributed by atoms with van der Waals surface area (Å²) in [7, 11) is 1.72. The summed E-state index contributed by atoms with van der Waals surface area (Å²) >= 11 is 0. The lowest BCUT2D eigenvalue weighted by Crippen LogP contribution is -2.18. The number of rotatable bonds is 4. The lowest BCUT2D eigenvalue weighted by atomic mass is 10.0. The number of ketones is 1. The van der Waals surface area contributed by atoms with Crippen molar-refractivity contribution in [3.63, 3.8) is 0 Å². The summed E-state index contributed by atoms with van der Waals surface area (Å²) in [6, 6.07) is 4.99. The average molecular weight is 193 g/mol. The first-order chi connectivity index (χ1) is 6.67. The number of hydrogen-bond acceptors (Lipinski definition) is 3. The predicted octanol–water partition coefficient (Wildman–Crippen LogP) is 1.36. The van der Waals surface area contributed by atoms with E-state index >= 15 is 0 Å². The van der Waals surface area contributed by atoms with Crippen LogP contribution in [0.4, 0.5) is 0 Å². The van der Waals surface area contributed by atoms with E-state index in [-0.39, 0.29) is 11.5 Å². The molecule has 1 rings (SSSR count). The van der Waals surface area contributed by atoms with Crippen LogP contribution in [0.1, 0.15) is 22.8 Å². The molecular formula is C11H15NO2. The van der Waals surface area contributed by atoms with Gasteiger partial charge in [-0.1, -0.05) is 6.92 Å². The first-order valence-corrected chi connectivity index (χ1v) is 4.68. The lowest BCUT2D eigenvalue weighted by molar-refractivity contribution is 0.0993. The Labute approximate surface area is 83.8 Å². The Hall–Kier alpha value is -1.35. The highest BCUT2D eigenvalue weighted by molar-refractivity contribution is 5.98. The topological polar surface area (TPSA) is 49.3 Å². The second kappa shape index (κ2) is 4.77. The van der Waals surface area contributed by atoms with Gasteiger partial charge in [0.05, 0.1) is 6.54 Å². The van der Waals surface area contributed by atoms with Gasteiger partial charge in [-0.15, -0.1) is 0 Å². The number of phenolic OH excluding ortho intramolecular Hbond substituents is 1. The second-order valence-electron chi connectivity index (χ2n) is 3.20. The molecule has 0 amide bonds. The number of Topliss-reactive ketones (excluding diaryl/α,β-unsaturated/α-hetero) is 1. The molecule has 0 aromatic heterocycles. The summed E-state index contributed by atoms with van der Waals surface area (Å²) in [4.78, 5) is 11.5. The first kappa shape index (κ1) is 10.7. The molecule has 1 aromatic carbocycles. The van der Waals surface area contributed by atoms with E-state index in [1.807, 2.05) is 13.0 Å². The van der Waals surface area contributed by atoms with Crippen LogP contribution in [0.5, 0.6) is 5.75 Å². The largest absolute Gasteiger partial charge is 0.508 e. The van der Waals surface area contributed by atoms with Gasteiger partial charge in [0.15, 0.2) is 5.78 Å². The summed E-state index contributed by atoms with van der Waals surface area (Å²) in [5, 5.41) is 12.2. The molecule has 0 fully saturated rings. The van der Waals surface area contributed by atoms with Crippen LogP contribution in [0.3, 0.4) is 0 Å². The Morgan fingerprint density at radius 1 is 1.43 bits per heavy atom. The number of phenols is 1. The SMILES string of the molecule is CCc1cc(O)cc(C(=O)CNC)c1. The number of hydrogen-bond donors (Lipinski definition) is 2. The van der Waals surface area contributed by atoms with E-state index in [0.717, 1.165) is 12.0 Å². The molecule has 0 radical (unpaired) electrons. The Kier molecular flexibility index (Phi) is 3.65. The third kappa shape index (κ3) is 2.57. The van der Waals surface area contributed by atoms with Crippen LogP contribution >= 0.6 is 0 Å². The molecule has 1 aromatic rings. The van der Waals surface area contributed by atoms with E-state index in [9.17, 15) is 9.90 Å². The molecule has 14 heavy (non-hydrogen) atoms. The normalized spacial score (nSPS) is 10.1. The lowest BCUT2D eigenvalue weighted by Gasteiger charge is -2.04. The number of carbonyl (C=O) groups is 1. The van der Waals surface area contributed by atoms with Gasteiger partial charge in [-0.25, -0.2) is 0 Å². The molecule has 3 heteroatoms. The van der Waals surface area contributed by atoms with Gasteiger partial charge in [0.25, 0.3) is 0 Å². The van der Waals surface area contributed by atoms with Gasteiger partial charge in [0.1, 0.15) is 5.75 Å². The van der Waals surface area contributed by atoms with Crippen molar-refractivity contribution in [1.82, 2.24) is 5.32 Å². The zero-order valence-corrected chi connectivity index (χ0v) is 8.50. The number of benzene rings is 1. The number of aryl methyl sites for hydroxylation is 1. The molecule has 76 valence electrons. The maximum Gasteiger partial charge on any atom is 0.176 e. The quantitative estimate of drug-likeness (QED) is 0.710. The van der Waals surface area contributed by atoms with E-state index in [4.69, 9.17) is 0 Å². The van der Waals surface area contributed by atoms with Crippen LogP contribution in [-0.4, -0.2) is 24.5 Å². The van der Waals surface area contributed by atoms with Crippen molar-refractivity contribution in [3.8, 4) is 5.75 Å². The molecule has 0 aliphatic carbocycles. The van der Waals surface area contributed by atoms with Crippen LogP contribution in [-0.2, 0) is 6.42 Å². The number of likely N-dealkylation sites (N-methyl/N-ethyl adjacent to an activating group) is 1. The van der Waals surface area contributed by atoms with Crippen molar-refractivity contribution >= 4 is 5.78 Å². The van der Waals surface area contributed by atoms with E-state index < -0.39 is 0 Å². The third-order valence-corrected chi connectivity index (χ3v) is 2.05. The molecule has 0 saturated heterocycles. The smallest absolute Gasteiger partial charge is 0.176 e. The number of nitrogens with one attached hydrogen (secondary N) is 1. The first-order valence-electron chi connectivity index (χ1n) is 4.68.